The van der Waals surface area contributed by atoms with E-state index in [9.17, 15) is 26.3 Å². The van der Waals surface area contributed by atoms with Gasteiger partial charge in [0.15, 0.2) is 0 Å². The number of fused-ring (bicyclic) bond motifs is 1. The first-order valence-electron chi connectivity index (χ1n) is 8.01. The number of halogens is 6. The predicted molar refractivity (Wildman–Crippen MR) is 92.8 cm³/mol. The van der Waals surface area contributed by atoms with Crippen LogP contribution in [-0.4, -0.2) is 59.2 Å². The Balaban J connectivity index is 0.000000305. The zero-order valence-electron chi connectivity index (χ0n) is 15.7. The summed E-state index contributed by atoms with van der Waals surface area (Å²) in [7, 11) is 0. The highest BCUT2D eigenvalue weighted by molar-refractivity contribution is 5.89. The average molecular weight is 466 g/mol. The number of carboxylic acid groups (broad SMARTS) is 2. The molecule has 0 aliphatic carbocycles. The quantitative estimate of drug-likeness (QED) is 0.486. The topological polar surface area (TPSA) is 158 Å². The predicted octanol–water partition coefficient (Wildman–Crippen LogP) is 3.17. The van der Waals surface area contributed by atoms with Gasteiger partial charge in [0, 0.05) is 23.3 Å². The second-order valence-corrected chi connectivity index (χ2v) is 5.58. The van der Waals surface area contributed by atoms with Crippen molar-refractivity contribution in [2.45, 2.75) is 25.3 Å². The van der Waals surface area contributed by atoms with Gasteiger partial charge in [-0.15, -0.1) is 0 Å². The number of carboxylic acids is 2. The molecule has 0 aliphatic heterocycles. The first-order chi connectivity index (χ1) is 14.7. The second-order valence-electron chi connectivity index (χ2n) is 5.58. The zero-order chi connectivity index (χ0) is 24.7. The van der Waals surface area contributed by atoms with Gasteiger partial charge in [-0.1, -0.05) is 0 Å². The third-order valence-corrected chi connectivity index (χ3v) is 3.30. The van der Waals surface area contributed by atoms with Crippen molar-refractivity contribution < 1.29 is 46.1 Å². The highest BCUT2D eigenvalue weighted by Gasteiger charge is 2.38. The van der Waals surface area contributed by atoms with Crippen LogP contribution in [0.15, 0.2) is 31.0 Å². The van der Waals surface area contributed by atoms with Crippen LogP contribution in [-0.2, 0) is 9.59 Å². The van der Waals surface area contributed by atoms with Gasteiger partial charge in [-0.2, -0.15) is 36.7 Å². The van der Waals surface area contributed by atoms with Gasteiger partial charge < -0.3 is 15.2 Å². The monoisotopic (exact) mass is 466 g/mol. The van der Waals surface area contributed by atoms with Crippen LogP contribution < -0.4 is 0 Å². The van der Waals surface area contributed by atoms with Gasteiger partial charge >= 0.3 is 24.3 Å². The minimum atomic E-state index is -5.08. The molecule has 32 heavy (non-hydrogen) atoms. The summed E-state index contributed by atoms with van der Waals surface area (Å²) in [4.78, 5) is 29.3. The number of nitrogens with zero attached hydrogens (tertiary/aromatic N) is 5. The second kappa shape index (κ2) is 10.2. The first kappa shape index (κ1) is 25.9. The Labute approximate surface area is 173 Å². The summed E-state index contributed by atoms with van der Waals surface area (Å²) in [6, 6.07) is 3.78. The van der Waals surface area contributed by atoms with Crippen molar-refractivity contribution in [3.63, 3.8) is 0 Å². The standard InChI is InChI=1S/C12H10N6.2C2HF3O2/c1-8(4-13)18-6-9(5-17-18)11-10-2-3-14-12(10)16-7-15-11;2*3-2(4,5)1(6)7/h2-3,5-8H,1H3,(H,14,15,16);2*(H,6,7). The third-order valence-electron chi connectivity index (χ3n) is 3.30. The van der Waals surface area contributed by atoms with Crippen molar-refractivity contribution >= 4 is 23.0 Å². The normalized spacial score (nSPS) is 11.9. The van der Waals surface area contributed by atoms with Gasteiger partial charge in [-0.05, 0) is 13.0 Å². The van der Waals surface area contributed by atoms with Crippen LogP contribution >= 0.6 is 0 Å². The highest BCUT2D eigenvalue weighted by atomic mass is 19.4. The van der Waals surface area contributed by atoms with Crippen molar-refractivity contribution in [2.75, 3.05) is 0 Å². The average Bonchev–Trinajstić information content (AvgIpc) is 3.36. The molecule has 0 saturated heterocycles. The number of carbonyl (C=O) groups is 2. The number of hydrogen-bond donors (Lipinski definition) is 3. The van der Waals surface area contributed by atoms with Crippen LogP contribution in [0.4, 0.5) is 26.3 Å². The van der Waals surface area contributed by atoms with E-state index < -0.39 is 24.3 Å². The zero-order valence-corrected chi connectivity index (χ0v) is 15.7. The number of alkyl halides is 6. The number of aliphatic carboxylic acids is 2. The molecule has 172 valence electrons. The fourth-order valence-corrected chi connectivity index (χ4v) is 1.83. The number of aromatic amines is 1. The lowest BCUT2D eigenvalue weighted by molar-refractivity contribution is -0.193. The number of nitriles is 1. The summed E-state index contributed by atoms with van der Waals surface area (Å²) >= 11 is 0. The molecule has 0 saturated carbocycles. The lowest BCUT2D eigenvalue weighted by atomic mass is 10.2. The molecular weight excluding hydrogens is 454 g/mol. The summed E-state index contributed by atoms with van der Waals surface area (Å²) in [5.74, 6) is -5.51. The molecular formula is C16H12F6N6O4. The summed E-state index contributed by atoms with van der Waals surface area (Å²) < 4.78 is 65.1. The summed E-state index contributed by atoms with van der Waals surface area (Å²) in [6.45, 7) is 1.79. The number of hydrogen-bond acceptors (Lipinski definition) is 6. The van der Waals surface area contributed by atoms with Crippen LogP contribution in [0, 0.1) is 11.3 Å². The molecule has 0 spiro atoms. The molecule has 3 aromatic rings. The van der Waals surface area contributed by atoms with E-state index in [1.54, 1.807) is 17.8 Å². The van der Waals surface area contributed by atoms with Crippen molar-refractivity contribution in [1.29, 1.82) is 5.26 Å². The minimum Gasteiger partial charge on any atom is -0.475 e. The summed E-state index contributed by atoms with van der Waals surface area (Å²) in [5.41, 5.74) is 2.49. The SMILES string of the molecule is CC(C#N)n1cc(-c2ncnc3[nH]ccc23)cn1.O=C(O)C(F)(F)F.O=C(O)C(F)(F)F. The molecule has 0 radical (unpaired) electrons. The lowest BCUT2D eigenvalue weighted by Crippen LogP contribution is -2.21. The van der Waals surface area contributed by atoms with E-state index in [2.05, 4.69) is 26.1 Å². The first-order valence-corrected chi connectivity index (χ1v) is 8.01. The van der Waals surface area contributed by atoms with Crippen molar-refractivity contribution in [3.8, 4) is 17.3 Å². The van der Waals surface area contributed by atoms with Crippen LogP contribution in [0.2, 0.25) is 0 Å². The molecule has 0 fully saturated rings. The third kappa shape index (κ3) is 7.27. The maximum atomic E-state index is 10.6. The molecule has 3 aromatic heterocycles. The van der Waals surface area contributed by atoms with Gasteiger partial charge in [0.2, 0.25) is 0 Å². The van der Waals surface area contributed by atoms with E-state index in [0.717, 1.165) is 22.3 Å². The Hall–Kier alpha value is -4.16. The molecule has 3 rings (SSSR count). The lowest BCUT2D eigenvalue weighted by Gasteiger charge is -2.01. The van der Waals surface area contributed by atoms with E-state index in [1.165, 1.54) is 6.33 Å². The molecule has 0 amide bonds. The number of aromatic nitrogens is 5. The Morgan fingerprint density at radius 2 is 1.66 bits per heavy atom. The van der Waals surface area contributed by atoms with Gasteiger partial charge in [-0.25, -0.2) is 19.6 Å². The number of nitrogens with one attached hydrogen (secondary N) is 1. The number of rotatable bonds is 2. The van der Waals surface area contributed by atoms with Crippen molar-refractivity contribution in [3.05, 3.63) is 31.0 Å². The van der Waals surface area contributed by atoms with Crippen LogP contribution in [0.1, 0.15) is 13.0 Å². The van der Waals surface area contributed by atoms with E-state index in [0.29, 0.717) is 0 Å². The summed E-state index contributed by atoms with van der Waals surface area (Å²) in [5, 5.41) is 28.2. The maximum Gasteiger partial charge on any atom is 0.490 e. The molecule has 1 atom stereocenters. The van der Waals surface area contributed by atoms with Crippen LogP contribution in [0.3, 0.4) is 0 Å². The Bertz CT molecular complexity index is 1090. The van der Waals surface area contributed by atoms with Crippen molar-refractivity contribution in [1.82, 2.24) is 24.7 Å². The Kier molecular flexibility index (Phi) is 8.28. The van der Waals surface area contributed by atoms with E-state index in [-0.39, 0.29) is 6.04 Å². The molecule has 1 unspecified atom stereocenters. The van der Waals surface area contributed by atoms with E-state index >= 15 is 0 Å². The highest BCUT2D eigenvalue weighted by Crippen LogP contribution is 2.24. The molecule has 10 nitrogen and oxygen atoms in total. The largest absolute Gasteiger partial charge is 0.490 e. The minimum absolute atomic E-state index is 0.290. The van der Waals surface area contributed by atoms with Gasteiger partial charge in [-0.3, -0.25) is 4.68 Å². The molecule has 0 aromatic carbocycles. The Morgan fingerprint density at radius 3 is 2.12 bits per heavy atom. The van der Waals surface area contributed by atoms with Crippen LogP contribution in [0.25, 0.3) is 22.3 Å². The molecule has 0 aliphatic rings. The fourth-order valence-electron chi connectivity index (χ4n) is 1.83. The fraction of sp³-hybridized carbons (Fsp3) is 0.250. The van der Waals surface area contributed by atoms with E-state index in [1.807, 2.05) is 18.5 Å². The van der Waals surface area contributed by atoms with Gasteiger partial charge in [0.25, 0.3) is 0 Å². The van der Waals surface area contributed by atoms with Gasteiger partial charge in [0.1, 0.15) is 18.0 Å². The molecule has 3 N–H and O–H groups in total. The smallest absolute Gasteiger partial charge is 0.475 e. The maximum absolute atomic E-state index is 10.6. The van der Waals surface area contributed by atoms with Crippen molar-refractivity contribution in [2.24, 2.45) is 0 Å². The molecule has 16 heteroatoms. The van der Waals surface area contributed by atoms with Gasteiger partial charge in [0.05, 0.1) is 18.0 Å². The molecule has 3 heterocycles. The Morgan fingerprint density at radius 1 is 1.12 bits per heavy atom. The van der Waals surface area contributed by atoms with E-state index in [4.69, 9.17) is 25.1 Å². The van der Waals surface area contributed by atoms with Crippen LogP contribution in [0.5, 0.6) is 0 Å². The summed E-state index contributed by atoms with van der Waals surface area (Å²) in [6.07, 6.45) is -3.30. The number of H-pyrrole nitrogens is 1. The molecule has 0 bridgehead atoms.